The van der Waals surface area contributed by atoms with Gasteiger partial charge < -0.3 is 9.47 Å². The molecule has 0 aromatic heterocycles. The summed E-state index contributed by atoms with van der Waals surface area (Å²) in [4.78, 5) is 11.9. The summed E-state index contributed by atoms with van der Waals surface area (Å²) < 4.78 is 50.2. The molecule has 1 aromatic rings. The third-order valence-electron chi connectivity index (χ3n) is 3.07. The predicted molar refractivity (Wildman–Crippen MR) is 78.6 cm³/mol. The van der Waals surface area contributed by atoms with E-state index in [4.69, 9.17) is 9.47 Å². The molecule has 0 radical (unpaired) electrons. The number of fused-ring (bicyclic) bond motifs is 1. The zero-order chi connectivity index (χ0) is 16.5. The molecule has 1 aromatic carbocycles. The molecule has 0 N–H and O–H groups in total. The third-order valence-corrected chi connectivity index (χ3v) is 3.53. The normalized spacial score (nSPS) is 17.4. The van der Waals surface area contributed by atoms with E-state index >= 15 is 0 Å². The molecule has 1 aliphatic heterocycles. The van der Waals surface area contributed by atoms with E-state index < -0.39 is 23.8 Å². The smallest absolute Gasteiger partial charge is 0.430 e. The Bertz CT molecular complexity index is 623. The van der Waals surface area contributed by atoms with Crippen LogP contribution in [0.4, 0.5) is 13.2 Å². The highest BCUT2D eigenvalue weighted by Gasteiger charge is 2.49. The summed E-state index contributed by atoms with van der Waals surface area (Å²) in [6.45, 7) is 3.46. The zero-order valence-electron chi connectivity index (χ0n) is 12.0. The van der Waals surface area contributed by atoms with Crippen molar-refractivity contribution in [1.29, 1.82) is 0 Å². The van der Waals surface area contributed by atoms with Crippen LogP contribution in [0.3, 0.4) is 0 Å². The second kappa shape index (κ2) is 6.32. The van der Waals surface area contributed by atoms with Crippen LogP contribution in [-0.4, -0.2) is 24.9 Å². The molecule has 120 valence electrons. The van der Waals surface area contributed by atoms with Gasteiger partial charge in [-0.15, -0.1) is 0 Å². The SMILES string of the molecule is CCCOC(=O)C1=Cc2cc(Br)cc(C)c2OC1C(F)(F)F. The van der Waals surface area contributed by atoms with Crippen molar-refractivity contribution in [2.45, 2.75) is 32.5 Å². The first kappa shape index (κ1) is 16.9. The Labute approximate surface area is 134 Å². The topological polar surface area (TPSA) is 35.5 Å². The Hall–Kier alpha value is -1.50. The van der Waals surface area contributed by atoms with Gasteiger partial charge in [-0.3, -0.25) is 0 Å². The molecule has 1 atom stereocenters. The number of benzene rings is 1. The number of esters is 1. The minimum atomic E-state index is -4.70. The summed E-state index contributed by atoms with van der Waals surface area (Å²) in [5.74, 6) is -0.884. The van der Waals surface area contributed by atoms with E-state index in [2.05, 4.69) is 15.9 Å². The van der Waals surface area contributed by atoms with E-state index in [1.807, 2.05) is 0 Å². The lowest BCUT2D eigenvalue weighted by Crippen LogP contribution is -2.41. The highest BCUT2D eigenvalue weighted by atomic mass is 79.9. The maximum atomic E-state index is 13.2. The minimum Gasteiger partial charge on any atom is -0.475 e. The largest absolute Gasteiger partial charge is 0.475 e. The van der Waals surface area contributed by atoms with Crippen LogP contribution < -0.4 is 4.74 Å². The monoisotopic (exact) mass is 378 g/mol. The summed E-state index contributed by atoms with van der Waals surface area (Å²) >= 11 is 3.27. The number of alkyl halides is 3. The second-order valence-corrected chi connectivity index (χ2v) is 5.83. The van der Waals surface area contributed by atoms with Crippen molar-refractivity contribution in [1.82, 2.24) is 0 Å². The van der Waals surface area contributed by atoms with Crippen molar-refractivity contribution in [3.8, 4) is 5.75 Å². The first-order valence-electron chi connectivity index (χ1n) is 6.66. The first-order valence-corrected chi connectivity index (χ1v) is 7.45. The molecule has 0 saturated heterocycles. The van der Waals surface area contributed by atoms with Crippen molar-refractivity contribution in [2.24, 2.45) is 0 Å². The van der Waals surface area contributed by atoms with E-state index in [9.17, 15) is 18.0 Å². The second-order valence-electron chi connectivity index (χ2n) is 4.92. The van der Waals surface area contributed by atoms with Gasteiger partial charge in [0.25, 0.3) is 0 Å². The number of aryl methyl sites for hydroxylation is 1. The van der Waals surface area contributed by atoms with Gasteiger partial charge in [0, 0.05) is 10.0 Å². The van der Waals surface area contributed by atoms with Gasteiger partial charge in [-0.25, -0.2) is 4.79 Å². The van der Waals surface area contributed by atoms with Gasteiger partial charge in [0.05, 0.1) is 12.2 Å². The highest BCUT2D eigenvalue weighted by molar-refractivity contribution is 9.10. The molecule has 1 aliphatic rings. The Morgan fingerprint density at radius 1 is 1.41 bits per heavy atom. The number of halogens is 4. The maximum Gasteiger partial charge on any atom is 0.430 e. The Balaban J connectivity index is 2.49. The van der Waals surface area contributed by atoms with Crippen LogP contribution in [0.2, 0.25) is 0 Å². The molecule has 0 saturated carbocycles. The van der Waals surface area contributed by atoms with Gasteiger partial charge in [-0.05, 0) is 37.1 Å². The lowest BCUT2D eigenvalue weighted by atomic mass is 9.99. The zero-order valence-corrected chi connectivity index (χ0v) is 13.5. The van der Waals surface area contributed by atoms with Crippen LogP contribution in [0, 0.1) is 6.92 Å². The molecule has 1 unspecified atom stereocenters. The minimum absolute atomic E-state index is 0.0606. The van der Waals surface area contributed by atoms with Crippen LogP contribution in [-0.2, 0) is 9.53 Å². The molecule has 0 bridgehead atoms. The summed E-state index contributed by atoms with van der Waals surface area (Å²) in [7, 11) is 0. The third kappa shape index (κ3) is 3.45. The van der Waals surface area contributed by atoms with Crippen molar-refractivity contribution in [3.05, 3.63) is 33.3 Å². The van der Waals surface area contributed by atoms with Gasteiger partial charge in [0.1, 0.15) is 5.75 Å². The summed E-state index contributed by atoms with van der Waals surface area (Å²) in [6.07, 6.45) is -5.30. The highest BCUT2D eigenvalue weighted by Crippen LogP contribution is 2.40. The average Bonchev–Trinajstić information content (AvgIpc) is 2.42. The van der Waals surface area contributed by atoms with Gasteiger partial charge >= 0.3 is 12.1 Å². The van der Waals surface area contributed by atoms with Crippen LogP contribution in [0.15, 0.2) is 22.2 Å². The molecule has 22 heavy (non-hydrogen) atoms. The Morgan fingerprint density at radius 3 is 2.68 bits per heavy atom. The Kier molecular flexibility index (Phi) is 4.84. The van der Waals surface area contributed by atoms with Crippen molar-refractivity contribution >= 4 is 28.0 Å². The van der Waals surface area contributed by atoms with E-state index in [1.54, 1.807) is 26.0 Å². The number of hydrogen-bond acceptors (Lipinski definition) is 3. The maximum absolute atomic E-state index is 13.2. The van der Waals surface area contributed by atoms with Gasteiger partial charge in [0.2, 0.25) is 6.10 Å². The summed E-state index contributed by atoms with van der Waals surface area (Å²) in [5.41, 5.74) is 0.428. The van der Waals surface area contributed by atoms with Gasteiger partial charge in [-0.2, -0.15) is 13.2 Å². The van der Waals surface area contributed by atoms with Crippen LogP contribution in [0.1, 0.15) is 24.5 Å². The average molecular weight is 379 g/mol. The number of carbonyl (C=O) groups is 1. The fourth-order valence-corrected chi connectivity index (χ4v) is 2.73. The summed E-state index contributed by atoms with van der Waals surface area (Å²) in [5, 5.41) is 0. The number of ether oxygens (including phenoxy) is 2. The molecule has 3 nitrogen and oxygen atoms in total. The van der Waals surface area contributed by atoms with Gasteiger partial charge in [-0.1, -0.05) is 22.9 Å². The molecular weight excluding hydrogens is 365 g/mol. The van der Waals surface area contributed by atoms with Crippen LogP contribution in [0.25, 0.3) is 6.08 Å². The molecule has 0 aliphatic carbocycles. The van der Waals surface area contributed by atoms with E-state index in [0.29, 0.717) is 22.0 Å². The van der Waals surface area contributed by atoms with Crippen molar-refractivity contribution < 1.29 is 27.4 Å². The molecular formula is C15H14BrF3O3. The molecule has 2 rings (SSSR count). The van der Waals surface area contributed by atoms with Crippen LogP contribution in [0.5, 0.6) is 5.75 Å². The predicted octanol–water partition coefficient (Wildman–Crippen LogP) is 4.42. The molecule has 7 heteroatoms. The first-order chi connectivity index (χ1) is 10.2. The number of hydrogen-bond donors (Lipinski definition) is 0. The molecule has 0 amide bonds. The van der Waals surface area contributed by atoms with Gasteiger partial charge in [0.15, 0.2) is 0 Å². The van der Waals surface area contributed by atoms with E-state index in [1.165, 1.54) is 6.08 Å². The molecule has 0 spiro atoms. The van der Waals surface area contributed by atoms with E-state index in [0.717, 1.165) is 0 Å². The van der Waals surface area contributed by atoms with Crippen molar-refractivity contribution in [2.75, 3.05) is 6.61 Å². The quantitative estimate of drug-likeness (QED) is 0.730. The number of rotatable bonds is 3. The summed E-state index contributed by atoms with van der Waals surface area (Å²) in [6, 6.07) is 3.25. The Morgan fingerprint density at radius 2 is 2.09 bits per heavy atom. The lowest BCUT2D eigenvalue weighted by Gasteiger charge is -2.29. The van der Waals surface area contributed by atoms with Crippen molar-refractivity contribution in [3.63, 3.8) is 0 Å². The molecule has 0 fully saturated rings. The fourth-order valence-electron chi connectivity index (χ4n) is 2.14. The van der Waals surface area contributed by atoms with Crippen LogP contribution >= 0.6 is 15.9 Å². The fraction of sp³-hybridized carbons (Fsp3) is 0.400. The van der Waals surface area contributed by atoms with E-state index in [-0.39, 0.29) is 12.4 Å². The number of carbonyl (C=O) groups excluding carboxylic acids is 1. The lowest BCUT2D eigenvalue weighted by molar-refractivity contribution is -0.188. The molecule has 1 heterocycles. The standard InChI is InChI=1S/C15H14BrF3O3/c1-3-4-21-14(20)11-7-9-6-10(16)5-8(2)12(9)22-13(11)15(17,18)19/h5-7,13H,3-4H2,1-2H3.